The van der Waals surface area contributed by atoms with Crippen LogP contribution in [0.1, 0.15) is 28.4 Å². The molecule has 0 aliphatic heterocycles. The van der Waals surface area contributed by atoms with Crippen LogP contribution in [-0.4, -0.2) is 17.4 Å². The molecule has 0 radical (unpaired) electrons. The molecule has 0 bridgehead atoms. The van der Waals surface area contributed by atoms with Crippen LogP contribution in [-0.2, 0) is 0 Å². The highest BCUT2D eigenvalue weighted by atomic mass is 16.2. The number of pyridine rings is 1. The number of carbonyl (C=O) groups excluding carboxylic acids is 1. The van der Waals surface area contributed by atoms with E-state index in [9.17, 15) is 9.59 Å². The minimum Gasteiger partial charge on any atom is -0.352 e. The van der Waals surface area contributed by atoms with Gasteiger partial charge in [-0.05, 0) is 18.1 Å². The third-order valence-corrected chi connectivity index (χ3v) is 3.01. The second-order valence-electron chi connectivity index (χ2n) is 4.50. The van der Waals surface area contributed by atoms with Gasteiger partial charge in [-0.3, -0.25) is 9.59 Å². The molecule has 104 valence electrons. The molecule has 0 saturated heterocycles. The number of carbonyl (C=O) groups is 1. The number of hydrogen-bond donors (Lipinski definition) is 3. The zero-order valence-electron chi connectivity index (χ0n) is 11.0. The summed E-state index contributed by atoms with van der Waals surface area (Å²) < 4.78 is 0. The van der Waals surface area contributed by atoms with E-state index in [4.69, 9.17) is 5.73 Å². The molecule has 0 aliphatic rings. The van der Waals surface area contributed by atoms with Crippen LogP contribution in [0.25, 0.3) is 0 Å². The highest BCUT2D eigenvalue weighted by Gasteiger charge is 2.08. The van der Waals surface area contributed by atoms with Crippen molar-refractivity contribution in [1.82, 2.24) is 10.3 Å². The smallest absolute Gasteiger partial charge is 0.251 e. The molecule has 1 amide bonds. The van der Waals surface area contributed by atoms with Crippen LogP contribution in [0.3, 0.4) is 0 Å². The molecule has 4 N–H and O–H groups in total. The molecule has 0 aliphatic carbocycles. The molecular weight excluding hydrogens is 254 g/mol. The monoisotopic (exact) mass is 271 g/mol. The molecule has 1 unspecified atom stereocenters. The molecule has 20 heavy (non-hydrogen) atoms. The van der Waals surface area contributed by atoms with Gasteiger partial charge in [-0.1, -0.05) is 30.3 Å². The summed E-state index contributed by atoms with van der Waals surface area (Å²) in [5.41, 5.74) is 7.13. The topological polar surface area (TPSA) is 88.0 Å². The predicted molar refractivity (Wildman–Crippen MR) is 77.4 cm³/mol. The Balaban J connectivity index is 1.84. The number of H-pyrrole nitrogens is 1. The molecule has 1 aromatic carbocycles. The van der Waals surface area contributed by atoms with Crippen molar-refractivity contribution in [2.45, 2.75) is 12.5 Å². The molecule has 2 aromatic rings. The Morgan fingerprint density at radius 3 is 2.70 bits per heavy atom. The lowest BCUT2D eigenvalue weighted by Gasteiger charge is -2.12. The number of aromatic amines is 1. The maximum atomic E-state index is 11.8. The molecule has 1 atom stereocenters. The van der Waals surface area contributed by atoms with E-state index in [0.29, 0.717) is 18.5 Å². The maximum absolute atomic E-state index is 11.8. The van der Waals surface area contributed by atoms with E-state index >= 15 is 0 Å². The lowest BCUT2D eigenvalue weighted by molar-refractivity contribution is 0.0952. The van der Waals surface area contributed by atoms with E-state index in [1.54, 1.807) is 6.07 Å². The number of hydrogen-bond acceptors (Lipinski definition) is 3. The van der Waals surface area contributed by atoms with Gasteiger partial charge in [0.1, 0.15) is 0 Å². The number of benzene rings is 1. The Kier molecular flexibility index (Phi) is 4.68. The average molecular weight is 271 g/mol. The van der Waals surface area contributed by atoms with Gasteiger partial charge in [-0.2, -0.15) is 0 Å². The SMILES string of the molecule is NC(CCNC(=O)c1cc[nH]c(=O)c1)c1ccccc1. The quantitative estimate of drug-likeness (QED) is 0.763. The lowest BCUT2D eigenvalue weighted by atomic mass is 10.1. The Labute approximate surface area is 116 Å². The first-order valence-electron chi connectivity index (χ1n) is 6.44. The number of rotatable bonds is 5. The fourth-order valence-electron chi connectivity index (χ4n) is 1.90. The Hall–Kier alpha value is -2.40. The Morgan fingerprint density at radius 2 is 2.00 bits per heavy atom. The molecule has 5 nitrogen and oxygen atoms in total. The van der Waals surface area contributed by atoms with E-state index in [2.05, 4.69) is 10.3 Å². The standard InChI is InChI=1S/C15H17N3O2/c16-13(11-4-2-1-3-5-11)7-9-18-15(20)12-6-8-17-14(19)10-12/h1-6,8,10,13H,7,9,16H2,(H,17,19)(H,18,20). The minimum absolute atomic E-state index is 0.115. The fraction of sp³-hybridized carbons (Fsp3) is 0.200. The second-order valence-corrected chi connectivity index (χ2v) is 4.50. The third kappa shape index (κ3) is 3.80. The van der Waals surface area contributed by atoms with Crippen molar-refractivity contribution in [2.75, 3.05) is 6.54 Å². The molecule has 1 aromatic heterocycles. The van der Waals surface area contributed by atoms with Gasteiger partial charge in [-0.25, -0.2) is 0 Å². The van der Waals surface area contributed by atoms with Crippen LogP contribution < -0.4 is 16.6 Å². The average Bonchev–Trinajstić information content (AvgIpc) is 2.48. The normalized spacial score (nSPS) is 11.8. The van der Waals surface area contributed by atoms with Crippen molar-refractivity contribution in [3.63, 3.8) is 0 Å². The summed E-state index contributed by atoms with van der Waals surface area (Å²) >= 11 is 0. The summed E-state index contributed by atoms with van der Waals surface area (Å²) in [7, 11) is 0. The van der Waals surface area contributed by atoms with Crippen molar-refractivity contribution in [1.29, 1.82) is 0 Å². The van der Waals surface area contributed by atoms with Crippen molar-refractivity contribution in [3.05, 3.63) is 70.1 Å². The highest BCUT2D eigenvalue weighted by molar-refractivity contribution is 5.93. The first-order valence-corrected chi connectivity index (χ1v) is 6.44. The zero-order valence-corrected chi connectivity index (χ0v) is 11.0. The van der Waals surface area contributed by atoms with Gasteiger partial charge >= 0.3 is 0 Å². The minimum atomic E-state index is -0.293. The summed E-state index contributed by atoms with van der Waals surface area (Å²) in [6.07, 6.45) is 2.09. The number of amides is 1. The van der Waals surface area contributed by atoms with E-state index in [1.165, 1.54) is 12.3 Å². The van der Waals surface area contributed by atoms with Crippen LogP contribution in [0.5, 0.6) is 0 Å². The van der Waals surface area contributed by atoms with Crippen LogP contribution >= 0.6 is 0 Å². The molecule has 1 heterocycles. The Bertz CT molecular complexity index is 622. The summed E-state index contributed by atoms with van der Waals surface area (Å²) in [4.78, 5) is 25.4. The molecule has 2 rings (SSSR count). The van der Waals surface area contributed by atoms with E-state index in [0.717, 1.165) is 5.56 Å². The van der Waals surface area contributed by atoms with Crippen molar-refractivity contribution in [2.24, 2.45) is 5.73 Å². The van der Waals surface area contributed by atoms with Gasteiger partial charge in [-0.15, -0.1) is 0 Å². The zero-order chi connectivity index (χ0) is 14.4. The lowest BCUT2D eigenvalue weighted by Crippen LogP contribution is -2.28. The van der Waals surface area contributed by atoms with Crippen LogP contribution in [0.15, 0.2) is 53.5 Å². The van der Waals surface area contributed by atoms with Gasteiger partial charge in [0.15, 0.2) is 0 Å². The number of nitrogens with one attached hydrogen (secondary N) is 2. The first-order chi connectivity index (χ1) is 9.66. The largest absolute Gasteiger partial charge is 0.352 e. The van der Waals surface area contributed by atoms with E-state index in [-0.39, 0.29) is 17.5 Å². The molecule has 0 fully saturated rings. The van der Waals surface area contributed by atoms with Gasteiger partial charge in [0.25, 0.3) is 5.91 Å². The van der Waals surface area contributed by atoms with Gasteiger partial charge in [0.05, 0.1) is 0 Å². The Morgan fingerprint density at radius 1 is 1.25 bits per heavy atom. The second kappa shape index (κ2) is 6.68. The summed E-state index contributed by atoms with van der Waals surface area (Å²) in [5.74, 6) is -0.267. The van der Waals surface area contributed by atoms with E-state index in [1.807, 2.05) is 30.3 Å². The van der Waals surface area contributed by atoms with Gasteiger partial charge in [0.2, 0.25) is 5.56 Å². The van der Waals surface area contributed by atoms with Crippen molar-refractivity contribution >= 4 is 5.91 Å². The number of nitrogens with two attached hydrogens (primary N) is 1. The summed E-state index contributed by atoms with van der Waals surface area (Å²) in [6, 6.07) is 12.4. The van der Waals surface area contributed by atoms with Crippen LogP contribution in [0, 0.1) is 0 Å². The van der Waals surface area contributed by atoms with Crippen molar-refractivity contribution in [3.8, 4) is 0 Å². The summed E-state index contributed by atoms with van der Waals surface area (Å²) in [5, 5.41) is 2.76. The first kappa shape index (κ1) is 14.0. The van der Waals surface area contributed by atoms with Gasteiger partial charge in [0, 0.05) is 30.4 Å². The maximum Gasteiger partial charge on any atom is 0.251 e. The number of aromatic nitrogens is 1. The highest BCUT2D eigenvalue weighted by Crippen LogP contribution is 2.12. The summed E-state index contributed by atoms with van der Waals surface area (Å²) in [6.45, 7) is 0.460. The molecule has 0 spiro atoms. The van der Waals surface area contributed by atoms with E-state index < -0.39 is 0 Å². The van der Waals surface area contributed by atoms with Crippen LogP contribution in [0.4, 0.5) is 0 Å². The van der Waals surface area contributed by atoms with Gasteiger partial charge < -0.3 is 16.0 Å². The third-order valence-electron chi connectivity index (χ3n) is 3.01. The fourth-order valence-corrected chi connectivity index (χ4v) is 1.90. The van der Waals surface area contributed by atoms with Crippen molar-refractivity contribution < 1.29 is 4.79 Å². The molecule has 0 saturated carbocycles. The molecule has 5 heteroatoms. The predicted octanol–water partition coefficient (Wildman–Crippen LogP) is 1.19. The van der Waals surface area contributed by atoms with Crippen LogP contribution in [0.2, 0.25) is 0 Å². The molecular formula is C15H17N3O2.